The molecule has 23 heavy (non-hydrogen) atoms. The van der Waals surface area contributed by atoms with Crippen molar-refractivity contribution >= 4 is 39.0 Å². The van der Waals surface area contributed by atoms with Crippen molar-refractivity contribution in [2.45, 2.75) is 0 Å². The van der Waals surface area contributed by atoms with E-state index in [0.717, 1.165) is 0 Å². The van der Waals surface area contributed by atoms with Crippen molar-refractivity contribution in [1.29, 1.82) is 0 Å². The van der Waals surface area contributed by atoms with Gasteiger partial charge in [-0.3, -0.25) is 4.72 Å². The molecule has 0 heterocycles. The van der Waals surface area contributed by atoms with Gasteiger partial charge in [-0.1, -0.05) is 29.8 Å². The van der Waals surface area contributed by atoms with Crippen LogP contribution in [-0.4, -0.2) is 26.7 Å². The summed E-state index contributed by atoms with van der Waals surface area (Å²) < 4.78 is 26.2. The first kappa shape index (κ1) is 17.1. The molecule has 0 aliphatic carbocycles. The molecule has 0 fully saturated rings. The third-order valence-corrected chi connectivity index (χ3v) is 4.35. The van der Waals surface area contributed by atoms with Crippen LogP contribution >= 0.6 is 11.6 Å². The molecule has 0 aliphatic heterocycles. The molecule has 0 aromatic heterocycles. The highest BCUT2D eigenvalue weighted by molar-refractivity contribution is 7.92. The number of carbonyl (C=O) groups excluding carboxylic acids is 1. The number of halogens is 1. The Balaban J connectivity index is 1.77. The molecule has 6 nitrogen and oxygen atoms in total. The van der Waals surface area contributed by atoms with Crippen LogP contribution < -0.4 is 15.4 Å². The minimum atomic E-state index is -3.52. The van der Waals surface area contributed by atoms with E-state index < -0.39 is 16.1 Å². The minimum absolute atomic E-state index is 0.0123. The predicted molar refractivity (Wildman–Crippen MR) is 92.3 cm³/mol. The molecular formula is C15H16ClN3O3S. The maximum absolute atomic E-state index is 11.9. The summed E-state index contributed by atoms with van der Waals surface area (Å²) in [6.07, 6.45) is 0. The van der Waals surface area contributed by atoms with Gasteiger partial charge in [0.1, 0.15) is 0 Å². The maximum Gasteiger partial charge on any atom is 0.319 e. The number of hydrogen-bond donors (Lipinski definition) is 3. The summed E-state index contributed by atoms with van der Waals surface area (Å²) in [6.45, 7) is -0.0123. The van der Waals surface area contributed by atoms with E-state index in [1.807, 2.05) is 0 Å². The predicted octanol–water partition coefficient (Wildman–Crippen LogP) is 2.90. The van der Waals surface area contributed by atoms with Gasteiger partial charge in [-0.2, -0.15) is 0 Å². The van der Waals surface area contributed by atoms with E-state index in [2.05, 4.69) is 15.4 Å². The molecule has 0 atom stereocenters. The van der Waals surface area contributed by atoms with Gasteiger partial charge >= 0.3 is 6.03 Å². The summed E-state index contributed by atoms with van der Waals surface area (Å²) in [5.74, 6) is -0.226. The molecule has 0 saturated heterocycles. The highest BCUT2D eigenvalue weighted by atomic mass is 35.5. The minimum Gasteiger partial charge on any atom is -0.337 e. The van der Waals surface area contributed by atoms with Crippen LogP contribution in [0.25, 0.3) is 0 Å². The zero-order valence-corrected chi connectivity index (χ0v) is 13.7. The highest BCUT2D eigenvalue weighted by Crippen LogP contribution is 2.13. The summed E-state index contributed by atoms with van der Waals surface area (Å²) in [7, 11) is -3.52. The normalized spacial score (nSPS) is 10.8. The number of urea groups is 1. The molecule has 2 amide bonds. The van der Waals surface area contributed by atoms with Crippen molar-refractivity contribution in [2.24, 2.45) is 0 Å². The number of nitrogens with one attached hydrogen (secondary N) is 3. The van der Waals surface area contributed by atoms with Crippen LogP contribution in [-0.2, 0) is 10.0 Å². The van der Waals surface area contributed by atoms with Gasteiger partial charge in [0.15, 0.2) is 0 Å². The van der Waals surface area contributed by atoms with Gasteiger partial charge in [0.25, 0.3) is 0 Å². The fourth-order valence-corrected chi connectivity index (χ4v) is 2.84. The lowest BCUT2D eigenvalue weighted by molar-refractivity contribution is 0.252. The number of anilines is 2. The van der Waals surface area contributed by atoms with Gasteiger partial charge in [0.2, 0.25) is 10.0 Å². The van der Waals surface area contributed by atoms with Crippen LogP contribution in [0.2, 0.25) is 5.02 Å². The van der Waals surface area contributed by atoms with Crippen LogP contribution in [0.4, 0.5) is 16.2 Å². The Morgan fingerprint density at radius 2 is 1.61 bits per heavy atom. The zero-order valence-electron chi connectivity index (χ0n) is 12.1. The van der Waals surface area contributed by atoms with Crippen LogP contribution in [0.15, 0.2) is 54.6 Å². The Labute approximate surface area is 139 Å². The molecular weight excluding hydrogens is 338 g/mol. The molecule has 3 N–H and O–H groups in total. The Morgan fingerprint density at radius 1 is 0.957 bits per heavy atom. The van der Waals surface area contributed by atoms with E-state index in [-0.39, 0.29) is 12.3 Å². The average molecular weight is 354 g/mol. The van der Waals surface area contributed by atoms with Crippen LogP contribution in [0.1, 0.15) is 0 Å². The smallest absolute Gasteiger partial charge is 0.319 e. The first-order valence-electron chi connectivity index (χ1n) is 6.80. The Bertz CT molecular complexity index is 749. The van der Waals surface area contributed by atoms with Crippen molar-refractivity contribution in [1.82, 2.24) is 5.32 Å². The highest BCUT2D eigenvalue weighted by Gasteiger charge is 2.11. The van der Waals surface area contributed by atoms with Crippen LogP contribution in [0.5, 0.6) is 0 Å². The van der Waals surface area contributed by atoms with E-state index in [9.17, 15) is 13.2 Å². The fraction of sp³-hybridized carbons (Fsp3) is 0.133. The summed E-state index contributed by atoms with van der Waals surface area (Å²) in [4.78, 5) is 11.7. The molecule has 0 spiro atoms. The Morgan fingerprint density at radius 3 is 2.26 bits per heavy atom. The van der Waals surface area contributed by atoms with Gasteiger partial charge in [-0.25, -0.2) is 13.2 Å². The van der Waals surface area contributed by atoms with Gasteiger partial charge in [0.05, 0.1) is 5.75 Å². The summed E-state index contributed by atoms with van der Waals surface area (Å²) in [5, 5.41) is 5.63. The third kappa shape index (κ3) is 6.17. The lowest BCUT2D eigenvalue weighted by Crippen LogP contribution is -2.34. The molecule has 2 rings (SSSR count). The number of amides is 2. The number of rotatable bonds is 6. The number of sulfonamides is 1. The Kier molecular flexibility index (Phi) is 5.84. The lowest BCUT2D eigenvalue weighted by Gasteiger charge is -2.10. The monoisotopic (exact) mass is 353 g/mol. The third-order valence-electron chi connectivity index (χ3n) is 2.81. The first-order chi connectivity index (χ1) is 10.9. The lowest BCUT2D eigenvalue weighted by atomic mass is 10.3. The molecule has 0 unspecified atom stereocenters. The molecule has 2 aromatic carbocycles. The van der Waals surface area contributed by atoms with Crippen molar-refractivity contribution in [3.05, 3.63) is 59.6 Å². The van der Waals surface area contributed by atoms with Crippen molar-refractivity contribution in [2.75, 3.05) is 22.3 Å². The Hall–Kier alpha value is -2.25. The SMILES string of the molecule is O=C(NCCS(=O)(=O)Nc1ccccc1)Nc1ccc(Cl)cc1. The van der Waals surface area contributed by atoms with Gasteiger partial charge in [-0.15, -0.1) is 0 Å². The van der Waals surface area contributed by atoms with E-state index in [1.54, 1.807) is 54.6 Å². The number of hydrogen-bond acceptors (Lipinski definition) is 3. The quantitative estimate of drug-likeness (QED) is 0.746. The first-order valence-corrected chi connectivity index (χ1v) is 8.84. The second-order valence-electron chi connectivity index (χ2n) is 4.67. The van der Waals surface area contributed by atoms with E-state index in [0.29, 0.717) is 16.4 Å². The number of benzene rings is 2. The second-order valence-corrected chi connectivity index (χ2v) is 6.95. The molecule has 0 saturated carbocycles. The molecule has 0 bridgehead atoms. The van der Waals surface area contributed by atoms with Gasteiger partial charge in [0, 0.05) is 22.9 Å². The topological polar surface area (TPSA) is 87.3 Å². The summed E-state index contributed by atoms with van der Waals surface area (Å²) in [6, 6.07) is 14.7. The molecule has 122 valence electrons. The second kappa shape index (κ2) is 7.85. The largest absolute Gasteiger partial charge is 0.337 e. The zero-order chi connectivity index (χ0) is 16.7. The maximum atomic E-state index is 11.9. The van der Waals surface area contributed by atoms with E-state index in [4.69, 9.17) is 11.6 Å². The number of para-hydroxylation sites is 1. The van der Waals surface area contributed by atoms with Crippen LogP contribution in [0.3, 0.4) is 0 Å². The average Bonchev–Trinajstić information content (AvgIpc) is 2.50. The molecule has 0 aliphatic rings. The van der Waals surface area contributed by atoms with Crippen molar-refractivity contribution in [3.63, 3.8) is 0 Å². The molecule has 2 aromatic rings. The van der Waals surface area contributed by atoms with Gasteiger partial charge in [-0.05, 0) is 36.4 Å². The molecule has 8 heteroatoms. The van der Waals surface area contributed by atoms with E-state index in [1.165, 1.54) is 0 Å². The molecule has 0 radical (unpaired) electrons. The number of carbonyl (C=O) groups is 1. The van der Waals surface area contributed by atoms with Crippen molar-refractivity contribution < 1.29 is 13.2 Å². The van der Waals surface area contributed by atoms with Crippen molar-refractivity contribution in [3.8, 4) is 0 Å². The van der Waals surface area contributed by atoms with Gasteiger partial charge < -0.3 is 10.6 Å². The van der Waals surface area contributed by atoms with E-state index >= 15 is 0 Å². The summed E-state index contributed by atoms with van der Waals surface area (Å²) in [5.41, 5.74) is 1.05. The fourth-order valence-electron chi connectivity index (χ4n) is 1.74. The summed E-state index contributed by atoms with van der Waals surface area (Å²) >= 11 is 5.75. The standard InChI is InChI=1S/C15H16ClN3O3S/c16-12-6-8-13(9-7-12)18-15(20)17-10-11-23(21,22)19-14-4-2-1-3-5-14/h1-9,19H,10-11H2,(H2,17,18,20). The van der Waals surface area contributed by atoms with Crippen LogP contribution in [0, 0.1) is 0 Å².